The first-order chi connectivity index (χ1) is 21.7. The van der Waals surface area contributed by atoms with Crippen LogP contribution in [-0.2, 0) is 4.74 Å². The first-order valence-electron chi connectivity index (χ1n) is 16.3. The van der Waals surface area contributed by atoms with Crippen molar-refractivity contribution < 1.29 is 33.3 Å². The number of carbonyl (C=O) groups excluding carboxylic acids is 3. The van der Waals surface area contributed by atoms with Crippen molar-refractivity contribution >= 4 is 17.9 Å². The van der Waals surface area contributed by atoms with E-state index < -0.39 is 23.5 Å². The Labute approximate surface area is 268 Å². The van der Waals surface area contributed by atoms with E-state index >= 15 is 0 Å². The van der Waals surface area contributed by atoms with E-state index in [1.807, 2.05) is 13.8 Å². The summed E-state index contributed by atoms with van der Waals surface area (Å²) in [5.41, 5.74) is 0.518. The van der Waals surface area contributed by atoms with Crippen LogP contribution in [0.4, 0.5) is 0 Å². The molecule has 0 aliphatic rings. The summed E-state index contributed by atoms with van der Waals surface area (Å²) < 4.78 is 22.4. The van der Waals surface area contributed by atoms with Crippen molar-refractivity contribution in [3.63, 3.8) is 0 Å². The Hall–Kier alpha value is -4.13. The molecule has 0 spiro atoms. The third-order valence-corrected chi connectivity index (χ3v) is 7.46. The molecule has 0 N–H and O–H groups in total. The van der Waals surface area contributed by atoms with Crippen molar-refractivity contribution in [2.24, 2.45) is 0 Å². The predicted molar refractivity (Wildman–Crippen MR) is 176 cm³/mol. The van der Waals surface area contributed by atoms with E-state index in [4.69, 9.17) is 18.9 Å². The Morgan fingerprint density at radius 3 is 1.40 bits per heavy atom. The molecule has 3 rings (SSSR count). The van der Waals surface area contributed by atoms with Gasteiger partial charge >= 0.3 is 17.9 Å². The van der Waals surface area contributed by atoms with E-state index in [0.717, 1.165) is 44.3 Å². The Kier molecular flexibility index (Phi) is 14.6. The summed E-state index contributed by atoms with van der Waals surface area (Å²) in [5.74, 6) is -0.179. The van der Waals surface area contributed by atoms with Gasteiger partial charge in [-0.3, -0.25) is 0 Å². The van der Waals surface area contributed by atoms with Crippen LogP contribution in [0.25, 0.3) is 0 Å². The van der Waals surface area contributed by atoms with Crippen LogP contribution in [0.3, 0.4) is 0 Å². The lowest BCUT2D eigenvalue weighted by molar-refractivity contribution is -0.00551. The second-order valence-corrected chi connectivity index (χ2v) is 11.9. The molecule has 7 heteroatoms. The van der Waals surface area contributed by atoms with Crippen LogP contribution in [0.5, 0.6) is 17.2 Å². The summed E-state index contributed by atoms with van der Waals surface area (Å²) >= 11 is 0. The van der Waals surface area contributed by atoms with Crippen LogP contribution in [0.1, 0.15) is 129 Å². The number of esters is 3. The summed E-state index contributed by atoms with van der Waals surface area (Å²) in [5, 5.41) is 0. The van der Waals surface area contributed by atoms with E-state index in [1.165, 1.54) is 56.4 Å². The second-order valence-electron chi connectivity index (χ2n) is 11.9. The van der Waals surface area contributed by atoms with Crippen molar-refractivity contribution in [2.75, 3.05) is 6.61 Å². The lowest BCUT2D eigenvalue weighted by Gasteiger charge is -2.25. The zero-order valence-electron chi connectivity index (χ0n) is 27.3. The fourth-order valence-corrected chi connectivity index (χ4v) is 4.75. The molecule has 3 aromatic rings. The largest absolute Gasteiger partial charge is 0.494 e. The van der Waals surface area contributed by atoms with Gasteiger partial charge in [-0.05, 0) is 106 Å². The van der Waals surface area contributed by atoms with Gasteiger partial charge in [-0.2, -0.15) is 0 Å². The van der Waals surface area contributed by atoms with Crippen LogP contribution in [-0.4, -0.2) is 30.1 Å². The smallest absolute Gasteiger partial charge is 0.343 e. The molecule has 45 heavy (non-hydrogen) atoms. The molecule has 0 bridgehead atoms. The third kappa shape index (κ3) is 12.8. The molecular formula is C38H48O7. The average molecular weight is 617 g/mol. The lowest BCUT2D eigenvalue weighted by atomic mass is 10.00. The highest BCUT2D eigenvalue weighted by atomic mass is 16.6. The fraction of sp³-hybridized carbons (Fsp3) is 0.447. The maximum atomic E-state index is 12.7. The Balaban J connectivity index is 1.44. The summed E-state index contributed by atoms with van der Waals surface area (Å²) in [4.78, 5) is 37.9. The Morgan fingerprint density at radius 2 is 0.911 bits per heavy atom. The van der Waals surface area contributed by atoms with E-state index in [2.05, 4.69) is 13.8 Å². The highest BCUT2D eigenvalue weighted by Crippen LogP contribution is 2.23. The maximum Gasteiger partial charge on any atom is 0.343 e. The van der Waals surface area contributed by atoms with E-state index in [9.17, 15) is 14.4 Å². The van der Waals surface area contributed by atoms with Crippen LogP contribution in [0, 0.1) is 0 Å². The third-order valence-electron chi connectivity index (χ3n) is 7.46. The van der Waals surface area contributed by atoms with Crippen molar-refractivity contribution in [3.8, 4) is 17.2 Å². The normalized spacial score (nSPS) is 11.1. The van der Waals surface area contributed by atoms with Gasteiger partial charge in [0, 0.05) is 0 Å². The molecular weight excluding hydrogens is 568 g/mol. The second kappa shape index (κ2) is 18.6. The topological polar surface area (TPSA) is 88.1 Å². The van der Waals surface area contributed by atoms with Crippen molar-refractivity contribution in [3.05, 3.63) is 89.5 Å². The molecule has 0 aromatic heterocycles. The van der Waals surface area contributed by atoms with Gasteiger partial charge in [0.05, 0.1) is 23.3 Å². The maximum absolute atomic E-state index is 12.7. The van der Waals surface area contributed by atoms with Crippen LogP contribution in [0.15, 0.2) is 72.8 Å². The van der Waals surface area contributed by atoms with Crippen LogP contribution >= 0.6 is 0 Å². The molecule has 0 aliphatic heterocycles. The zero-order valence-corrected chi connectivity index (χ0v) is 27.3. The minimum Gasteiger partial charge on any atom is -0.494 e. The van der Waals surface area contributed by atoms with Gasteiger partial charge in [-0.25, -0.2) is 14.4 Å². The highest BCUT2D eigenvalue weighted by Gasteiger charge is 2.23. The number of carbonyl (C=O) groups is 3. The molecule has 0 unspecified atom stereocenters. The summed E-state index contributed by atoms with van der Waals surface area (Å²) in [6.45, 7) is 8.87. The Morgan fingerprint density at radius 1 is 0.511 bits per heavy atom. The van der Waals surface area contributed by atoms with Gasteiger partial charge in [-0.15, -0.1) is 0 Å². The van der Waals surface area contributed by atoms with Gasteiger partial charge in [0.2, 0.25) is 0 Å². The Bertz CT molecular complexity index is 1330. The number of ether oxygens (including phenoxy) is 4. The number of unbranched alkanes of at least 4 members (excludes halogenated alkanes) is 8. The van der Waals surface area contributed by atoms with Crippen molar-refractivity contribution in [1.82, 2.24) is 0 Å². The highest BCUT2D eigenvalue weighted by molar-refractivity contribution is 5.93. The molecule has 0 saturated carbocycles. The molecule has 0 amide bonds. The minimum atomic E-state index is -0.576. The monoisotopic (exact) mass is 616 g/mol. The van der Waals surface area contributed by atoms with Gasteiger partial charge in [0.1, 0.15) is 22.8 Å². The van der Waals surface area contributed by atoms with E-state index in [-0.39, 0.29) is 5.56 Å². The SMILES string of the molecule is CCCCCCCCOc1ccc(C(=O)Oc2ccc(C(=O)Oc3ccc(C(=O)OC(C)(C)CCCCCC)cc3)cc2)cc1. The number of benzene rings is 3. The molecule has 3 aromatic carbocycles. The molecule has 0 aliphatic carbocycles. The molecule has 242 valence electrons. The number of hydrogen-bond donors (Lipinski definition) is 0. The summed E-state index contributed by atoms with van der Waals surface area (Å²) in [6, 6.07) is 19.3. The quantitative estimate of drug-likeness (QED) is 0.0752. The lowest BCUT2D eigenvalue weighted by Crippen LogP contribution is -2.28. The zero-order chi connectivity index (χ0) is 32.5. The van der Waals surface area contributed by atoms with Crippen molar-refractivity contribution in [1.29, 1.82) is 0 Å². The molecule has 0 heterocycles. The van der Waals surface area contributed by atoms with Gasteiger partial charge < -0.3 is 18.9 Å². The summed E-state index contributed by atoms with van der Waals surface area (Å²) in [6.07, 6.45) is 12.5. The van der Waals surface area contributed by atoms with Crippen LogP contribution < -0.4 is 14.2 Å². The first kappa shape index (κ1) is 35.4. The number of rotatable bonds is 19. The van der Waals surface area contributed by atoms with Gasteiger partial charge in [-0.1, -0.05) is 65.2 Å². The average Bonchev–Trinajstić information content (AvgIpc) is 3.03. The van der Waals surface area contributed by atoms with Gasteiger partial charge in [0.25, 0.3) is 0 Å². The molecule has 0 atom stereocenters. The van der Waals surface area contributed by atoms with Crippen molar-refractivity contribution in [2.45, 2.75) is 104 Å². The van der Waals surface area contributed by atoms with Gasteiger partial charge in [0.15, 0.2) is 0 Å². The summed E-state index contributed by atoms with van der Waals surface area (Å²) in [7, 11) is 0. The fourth-order valence-electron chi connectivity index (χ4n) is 4.75. The first-order valence-corrected chi connectivity index (χ1v) is 16.3. The van der Waals surface area contributed by atoms with E-state index in [0.29, 0.717) is 29.2 Å². The number of hydrogen-bond acceptors (Lipinski definition) is 7. The molecule has 7 nitrogen and oxygen atoms in total. The molecule has 0 saturated heterocycles. The molecule has 0 fully saturated rings. The van der Waals surface area contributed by atoms with E-state index in [1.54, 1.807) is 48.5 Å². The molecule has 0 radical (unpaired) electrons. The minimum absolute atomic E-state index is 0.287. The van der Waals surface area contributed by atoms with Crippen LogP contribution in [0.2, 0.25) is 0 Å². The predicted octanol–water partition coefficient (Wildman–Crippen LogP) is 9.77. The standard InChI is InChI=1S/C38H48O7/c1-5-7-9-11-12-14-28-42-32-21-15-29(16-22-32)35(39)43-33-23-17-30(18-24-33)36(40)44-34-25-19-31(20-26-34)37(41)45-38(3,4)27-13-10-8-6-2/h15-26H,5-14,27-28H2,1-4H3.